The molecule has 1 saturated carbocycles. The third-order valence-corrected chi connectivity index (χ3v) is 6.11. The average Bonchev–Trinajstić information content (AvgIpc) is 2.97. The van der Waals surface area contributed by atoms with E-state index < -0.39 is 0 Å². The second-order valence-electron chi connectivity index (χ2n) is 7.44. The summed E-state index contributed by atoms with van der Waals surface area (Å²) in [6.07, 6.45) is 9.23. The Morgan fingerprint density at radius 2 is 1.86 bits per heavy atom. The Kier molecular flexibility index (Phi) is 5.40. The summed E-state index contributed by atoms with van der Waals surface area (Å²) >= 11 is 0. The minimum atomic E-state index is 0.175. The second-order valence-corrected chi connectivity index (χ2v) is 7.44. The van der Waals surface area contributed by atoms with E-state index in [0.29, 0.717) is 11.8 Å². The Morgan fingerprint density at radius 3 is 2.55 bits per heavy atom. The summed E-state index contributed by atoms with van der Waals surface area (Å²) in [5.41, 5.74) is 0.175. The van der Waals surface area contributed by atoms with Crippen molar-refractivity contribution >= 4 is 5.91 Å². The van der Waals surface area contributed by atoms with Crippen molar-refractivity contribution in [3.8, 4) is 0 Å². The van der Waals surface area contributed by atoms with Crippen LogP contribution in [0.2, 0.25) is 0 Å². The molecule has 0 aromatic rings. The molecule has 126 valence electrons. The van der Waals surface area contributed by atoms with Crippen molar-refractivity contribution in [2.24, 2.45) is 5.92 Å². The first-order valence-corrected chi connectivity index (χ1v) is 9.34. The van der Waals surface area contributed by atoms with Crippen LogP contribution < -0.4 is 0 Å². The van der Waals surface area contributed by atoms with Gasteiger partial charge in [-0.3, -0.25) is 9.69 Å². The first-order valence-electron chi connectivity index (χ1n) is 9.34. The summed E-state index contributed by atoms with van der Waals surface area (Å²) in [5.74, 6) is 1.07. The SMILES string of the molecule is CCN1CCCN(C(=O)CC2CCCC2)CC12CCOCC2. The highest BCUT2D eigenvalue weighted by Gasteiger charge is 2.41. The van der Waals surface area contributed by atoms with Gasteiger partial charge in [0.25, 0.3) is 0 Å². The topological polar surface area (TPSA) is 32.8 Å². The van der Waals surface area contributed by atoms with Crippen molar-refractivity contribution in [1.29, 1.82) is 0 Å². The number of rotatable bonds is 3. The van der Waals surface area contributed by atoms with Gasteiger partial charge in [-0.1, -0.05) is 19.8 Å². The molecule has 0 bridgehead atoms. The summed E-state index contributed by atoms with van der Waals surface area (Å²) in [6, 6.07) is 0. The van der Waals surface area contributed by atoms with E-state index in [0.717, 1.165) is 65.1 Å². The molecule has 4 nitrogen and oxygen atoms in total. The van der Waals surface area contributed by atoms with Gasteiger partial charge in [0, 0.05) is 44.8 Å². The zero-order valence-electron chi connectivity index (χ0n) is 14.2. The molecule has 0 unspecified atom stereocenters. The lowest BCUT2D eigenvalue weighted by molar-refractivity contribution is -0.134. The van der Waals surface area contributed by atoms with Gasteiger partial charge in [-0.15, -0.1) is 0 Å². The number of hydrogen-bond acceptors (Lipinski definition) is 3. The molecule has 22 heavy (non-hydrogen) atoms. The minimum absolute atomic E-state index is 0.175. The Morgan fingerprint density at radius 1 is 1.14 bits per heavy atom. The van der Waals surface area contributed by atoms with Crippen LogP contribution in [0.25, 0.3) is 0 Å². The third kappa shape index (κ3) is 3.48. The van der Waals surface area contributed by atoms with Crippen molar-refractivity contribution < 1.29 is 9.53 Å². The fourth-order valence-corrected chi connectivity index (χ4v) is 4.75. The van der Waals surface area contributed by atoms with Gasteiger partial charge < -0.3 is 9.64 Å². The van der Waals surface area contributed by atoms with E-state index in [2.05, 4.69) is 16.7 Å². The average molecular weight is 308 g/mol. The Labute approximate surface area is 135 Å². The first-order chi connectivity index (χ1) is 10.7. The van der Waals surface area contributed by atoms with Gasteiger partial charge in [0.15, 0.2) is 0 Å². The van der Waals surface area contributed by atoms with Crippen LogP contribution in [-0.2, 0) is 9.53 Å². The fraction of sp³-hybridized carbons (Fsp3) is 0.944. The molecular weight excluding hydrogens is 276 g/mol. The van der Waals surface area contributed by atoms with Crippen LogP contribution in [0.15, 0.2) is 0 Å². The lowest BCUT2D eigenvalue weighted by Gasteiger charge is -2.46. The number of likely N-dealkylation sites (N-methyl/N-ethyl adjacent to an activating group) is 1. The van der Waals surface area contributed by atoms with E-state index in [1.807, 2.05) is 0 Å². The fourth-order valence-electron chi connectivity index (χ4n) is 4.75. The van der Waals surface area contributed by atoms with Gasteiger partial charge in [0.1, 0.15) is 0 Å². The molecular formula is C18H32N2O2. The molecule has 1 spiro atoms. The van der Waals surface area contributed by atoms with Gasteiger partial charge >= 0.3 is 0 Å². The van der Waals surface area contributed by atoms with Gasteiger partial charge in [-0.2, -0.15) is 0 Å². The van der Waals surface area contributed by atoms with E-state index >= 15 is 0 Å². The summed E-state index contributed by atoms with van der Waals surface area (Å²) in [7, 11) is 0. The standard InChI is InChI=1S/C18H32N2O2/c1-2-20-11-5-10-19(15-18(20)8-12-22-13-9-18)17(21)14-16-6-3-4-7-16/h16H,2-15H2,1H3. The number of hydrogen-bond donors (Lipinski definition) is 0. The second kappa shape index (κ2) is 7.31. The molecule has 2 aliphatic heterocycles. The molecule has 1 aliphatic carbocycles. The molecule has 0 atom stereocenters. The van der Waals surface area contributed by atoms with Crippen LogP contribution in [0.3, 0.4) is 0 Å². The summed E-state index contributed by atoms with van der Waals surface area (Å²) < 4.78 is 5.60. The first kappa shape index (κ1) is 16.3. The summed E-state index contributed by atoms with van der Waals surface area (Å²) in [5, 5.41) is 0. The maximum Gasteiger partial charge on any atom is 0.222 e. The van der Waals surface area contributed by atoms with Crippen LogP contribution in [0.1, 0.15) is 58.3 Å². The molecule has 3 fully saturated rings. The zero-order valence-corrected chi connectivity index (χ0v) is 14.2. The number of carbonyl (C=O) groups excluding carboxylic acids is 1. The highest BCUT2D eigenvalue weighted by atomic mass is 16.5. The van der Waals surface area contributed by atoms with Crippen LogP contribution in [0.4, 0.5) is 0 Å². The van der Waals surface area contributed by atoms with Crippen molar-refractivity contribution in [3.63, 3.8) is 0 Å². The molecule has 0 aromatic carbocycles. The zero-order chi connectivity index (χ0) is 15.4. The maximum absolute atomic E-state index is 12.8. The van der Waals surface area contributed by atoms with Gasteiger partial charge in [0.05, 0.1) is 0 Å². The van der Waals surface area contributed by atoms with Gasteiger partial charge in [0.2, 0.25) is 5.91 Å². The van der Waals surface area contributed by atoms with Crippen molar-refractivity contribution in [2.45, 2.75) is 63.8 Å². The maximum atomic E-state index is 12.8. The smallest absolute Gasteiger partial charge is 0.222 e. The van der Waals surface area contributed by atoms with E-state index in [1.165, 1.54) is 25.7 Å². The quantitative estimate of drug-likeness (QED) is 0.803. The van der Waals surface area contributed by atoms with E-state index in [4.69, 9.17) is 4.74 Å². The lowest BCUT2D eigenvalue weighted by atomic mass is 9.87. The van der Waals surface area contributed by atoms with Crippen molar-refractivity contribution in [3.05, 3.63) is 0 Å². The number of carbonyl (C=O) groups is 1. The van der Waals surface area contributed by atoms with Crippen LogP contribution >= 0.6 is 0 Å². The summed E-state index contributed by atoms with van der Waals surface area (Å²) in [4.78, 5) is 17.6. The molecule has 0 radical (unpaired) electrons. The van der Waals surface area contributed by atoms with Crippen LogP contribution in [-0.4, -0.2) is 60.6 Å². The highest BCUT2D eigenvalue weighted by Crippen LogP contribution is 2.33. The predicted octanol–water partition coefficient (Wildman–Crippen LogP) is 2.67. The Bertz CT molecular complexity index is 373. The van der Waals surface area contributed by atoms with Crippen molar-refractivity contribution in [2.75, 3.05) is 39.4 Å². The molecule has 3 aliphatic rings. The monoisotopic (exact) mass is 308 g/mol. The largest absolute Gasteiger partial charge is 0.381 e. The van der Waals surface area contributed by atoms with Gasteiger partial charge in [-0.25, -0.2) is 0 Å². The molecule has 0 aromatic heterocycles. The third-order valence-electron chi connectivity index (χ3n) is 6.11. The molecule has 2 heterocycles. The number of nitrogens with zero attached hydrogens (tertiary/aromatic N) is 2. The van der Waals surface area contributed by atoms with E-state index in [1.54, 1.807) is 0 Å². The van der Waals surface area contributed by atoms with E-state index in [-0.39, 0.29) is 5.54 Å². The molecule has 4 heteroatoms. The van der Waals surface area contributed by atoms with Crippen molar-refractivity contribution in [1.82, 2.24) is 9.80 Å². The van der Waals surface area contributed by atoms with Crippen LogP contribution in [0, 0.1) is 5.92 Å². The number of amides is 1. The lowest BCUT2D eigenvalue weighted by Crippen LogP contribution is -2.57. The molecule has 1 amide bonds. The minimum Gasteiger partial charge on any atom is -0.381 e. The molecule has 2 saturated heterocycles. The Balaban J connectivity index is 1.67. The summed E-state index contributed by atoms with van der Waals surface area (Å²) in [6.45, 7) is 8.05. The number of ether oxygens (including phenoxy) is 1. The predicted molar refractivity (Wildman–Crippen MR) is 87.8 cm³/mol. The highest BCUT2D eigenvalue weighted by molar-refractivity contribution is 5.76. The van der Waals surface area contributed by atoms with Gasteiger partial charge in [-0.05, 0) is 44.6 Å². The molecule has 3 rings (SSSR count). The normalized spacial score (nSPS) is 27.2. The molecule has 0 N–H and O–H groups in total. The van der Waals surface area contributed by atoms with Crippen LogP contribution in [0.5, 0.6) is 0 Å². The van der Waals surface area contributed by atoms with E-state index in [9.17, 15) is 4.79 Å². The Hall–Kier alpha value is -0.610.